The molecule has 0 saturated heterocycles. The molecule has 0 radical (unpaired) electrons. The highest BCUT2D eigenvalue weighted by Crippen LogP contribution is 2.53. The fourth-order valence-electron chi connectivity index (χ4n) is 1.11. The van der Waals surface area contributed by atoms with Gasteiger partial charge in [-0.1, -0.05) is 29.6 Å². The van der Waals surface area contributed by atoms with E-state index in [1.807, 2.05) is 35.3 Å². The van der Waals surface area contributed by atoms with Crippen molar-refractivity contribution in [2.75, 3.05) is 6.26 Å². The van der Waals surface area contributed by atoms with E-state index in [4.69, 9.17) is 0 Å². The maximum Gasteiger partial charge on any atom is 0.0548 e. The molecule has 14 heavy (non-hydrogen) atoms. The average molecular weight is 258 g/mol. The molecule has 0 atom stereocenters. The van der Waals surface area contributed by atoms with Crippen LogP contribution in [0.1, 0.15) is 11.8 Å². The van der Waals surface area contributed by atoms with Crippen molar-refractivity contribution >= 4 is 52.7 Å². The van der Waals surface area contributed by atoms with Crippen LogP contribution < -0.4 is 0 Å². The first kappa shape index (κ1) is 10.7. The van der Waals surface area contributed by atoms with Crippen molar-refractivity contribution in [3.8, 4) is 0 Å². The van der Waals surface area contributed by atoms with Crippen LogP contribution in [-0.2, 0) is 0 Å². The molecule has 0 N–H and O–H groups in total. The number of rotatable bonds is 2. The first-order chi connectivity index (χ1) is 6.79. The van der Waals surface area contributed by atoms with Crippen molar-refractivity contribution in [2.24, 2.45) is 0 Å². The third kappa shape index (κ3) is 2.42. The molecule has 2 rings (SSSR count). The van der Waals surface area contributed by atoms with Gasteiger partial charge >= 0.3 is 0 Å². The van der Waals surface area contributed by atoms with E-state index < -0.39 is 0 Å². The summed E-state index contributed by atoms with van der Waals surface area (Å²) in [6.45, 7) is 2.19. The van der Waals surface area contributed by atoms with Gasteiger partial charge < -0.3 is 0 Å². The molecule has 0 nitrogen and oxygen atoms in total. The Kier molecular flexibility index (Phi) is 3.71. The topological polar surface area (TPSA) is 0 Å². The van der Waals surface area contributed by atoms with Crippen LogP contribution in [0, 0.1) is 0 Å². The number of thiophene rings is 1. The predicted molar refractivity (Wildman–Crippen MR) is 73.7 cm³/mol. The van der Waals surface area contributed by atoms with Crippen LogP contribution in [0.25, 0.3) is 6.08 Å². The quantitative estimate of drug-likeness (QED) is 0.726. The zero-order valence-corrected chi connectivity index (χ0v) is 11.2. The second-order valence-corrected chi connectivity index (χ2v) is 7.35. The Balaban J connectivity index is 2.12. The largest absolute Gasteiger partial charge is 0.144 e. The lowest BCUT2D eigenvalue weighted by atomic mass is 10.5. The summed E-state index contributed by atoms with van der Waals surface area (Å²) >= 11 is 7.41. The summed E-state index contributed by atoms with van der Waals surface area (Å²) in [6.07, 6.45) is 4.41. The number of hydrogen-bond donors (Lipinski definition) is 0. The van der Waals surface area contributed by atoms with Crippen molar-refractivity contribution in [2.45, 2.75) is 6.92 Å². The van der Waals surface area contributed by atoms with E-state index in [2.05, 4.69) is 36.8 Å². The number of thioether (sulfide) groups is 3. The van der Waals surface area contributed by atoms with Crippen molar-refractivity contribution < 1.29 is 0 Å². The summed E-state index contributed by atoms with van der Waals surface area (Å²) in [5, 5.41) is 2.12. The highest BCUT2D eigenvalue weighted by Gasteiger charge is 2.16. The summed E-state index contributed by atoms with van der Waals surface area (Å²) in [5.41, 5.74) is 0. The molecule has 4 heteroatoms. The van der Waals surface area contributed by atoms with Crippen LogP contribution in [0.15, 0.2) is 30.9 Å². The van der Waals surface area contributed by atoms with Gasteiger partial charge in [-0.25, -0.2) is 0 Å². The molecule has 0 bridgehead atoms. The number of allylic oxidation sites excluding steroid dienone is 1. The maximum absolute atomic E-state index is 2.27. The Bertz CT molecular complexity index is 373. The fourth-order valence-corrected chi connectivity index (χ4v) is 5.47. The lowest BCUT2D eigenvalue weighted by Gasteiger charge is -1.94. The van der Waals surface area contributed by atoms with Gasteiger partial charge in [0.2, 0.25) is 0 Å². The summed E-state index contributed by atoms with van der Waals surface area (Å²) in [7, 11) is 0. The molecule has 2 heterocycles. The molecular weight excluding hydrogens is 248 g/mol. The van der Waals surface area contributed by atoms with Gasteiger partial charge in [0, 0.05) is 9.78 Å². The van der Waals surface area contributed by atoms with Gasteiger partial charge in [0.15, 0.2) is 0 Å². The zero-order valence-electron chi connectivity index (χ0n) is 7.94. The molecule has 0 saturated carbocycles. The first-order valence-electron chi connectivity index (χ1n) is 4.15. The molecular formula is C10H10S4. The molecule has 0 unspecified atom stereocenters. The minimum absolute atomic E-state index is 1.34. The third-order valence-corrected chi connectivity index (χ3v) is 6.37. The monoisotopic (exact) mass is 258 g/mol. The maximum atomic E-state index is 2.27. The van der Waals surface area contributed by atoms with Crippen LogP contribution in [0.5, 0.6) is 0 Å². The summed E-state index contributed by atoms with van der Waals surface area (Å²) < 4.78 is 2.84. The Morgan fingerprint density at radius 2 is 2.21 bits per heavy atom. The van der Waals surface area contributed by atoms with Gasteiger partial charge in [-0.15, -0.1) is 23.1 Å². The van der Waals surface area contributed by atoms with Gasteiger partial charge in [0.05, 0.1) is 8.47 Å². The van der Waals surface area contributed by atoms with E-state index in [1.54, 1.807) is 11.3 Å². The molecule has 0 fully saturated rings. The van der Waals surface area contributed by atoms with Crippen molar-refractivity contribution in [1.82, 2.24) is 0 Å². The molecule has 0 aliphatic carbocycles. The molecule has 0 spiro atoms. The van der Waals surface area contributed by atoms with Gasteiger partial charge in [-0.2, -0.15) is 0 Å². The fraction of sp³-hybridized carbons (Fsp3) is 0.200. The van der Waals surface area contributed by atoms with Crippen LogP contribution in [0.4, 0.5) is 0 Å². The molecule has 1 aliphatic rings. The lowest BCUT2D eigenvalue weighted by molar-refractivity contribution is 1.72. The van der Waals surface area contributed by atoms with E-state index in [1.165, 1.54) is 18.3 Å². The predicted octanol–water partition coefficient (Wildman–Crippen LogP) is 5.08. The van der Waals surface area contributed by atoms with Crippen molar-refractivity contribution in [3.63, 3.8) is 0 Å². The summed E-state index contributed by atoms with van der Waals surface area (Å²) in [5.74, 6) is 0. The zero-order chi connectivity index (χ0) is 9.97. The first-order valence-corrected chi connectivity index (χ1v) is 7.89. The molecule has 1 aliphatic heterocycles. The van der Waals surface area contributed by atoms with Crippen LogP contribution in [0.2, 0.25) is 0 Å². The van der Waals surface area contributed by atoms with Crippen LogP contribution in [0.3, 0.4) is 0 Å². The standard InChI is InChI=1S/C10H10S4/c1-7-10(11-2)14-9(13-7)6-8-4-3-5-12-8/h3-6H,1-2H3/b9-6+. The smallest absolute Gasteiger partial charge is 0.0548 e. The van der Waals surface area contributed by atoms with E-state index >= 15 is 0 Å². The normalized spacial score (nSPS) is 19.7. The highest BCUT2D eigenvalue weighted by molar-refractivity contribution is 8.35. The van der Waals surface area contributed by atoms with Crippen LogP contribution >= 0.6 is 46.6 Å². The Labute approximate surface area is 101 Å². The molecule has 0 amide bonds. The summed E-state index contributed by atoms with van der Waals surface area (Å²) in [4.78, 5) is 2.78. The van der Waals surface area contributed by atoms with Crippen LogP contribution in [-0.4, -0.2) is 6.26 Å². The van der Waals surface area contributed by atoms with Gasteiger partial charge in [-0.3, -0.25) is 0 Å². The van der Waals surface area contributed by atoms with Gasteiger partial charge in [-0.05, 0) is 30.7 Å². The molecule has 1 aromatic rings. The third-order valence-electron chi connectivity index (χ3n) is 1.72. The van der Waals surface area contributed by atoms with E-state index in [-0.39, 0.29) is 0 Å². The van der Waals surface area contributed by atoms with E-state index in [0.29, 0.717) is 0 Å². The average Bonchev–Trinajstić information content (AvgIpc) is 2.76. The number of hydrogen-bond acceptors (Lipinski definition) is 4. The van der Waals surface area contributed by atoms with Gasteiger partial charge in [0.25, 0.3) is 0 Å². The van der Waals surface area contributed by atoms with Crippen molar-refractivity contribution in [3.05, 3.63) is 35.8 Å². The Morgan fingerprint density at radius 3 is 2.79 bits per heavy atom. The second-order valence-electron chi connectivity index (χ2n) is 2.73. The molecule has 0 aromatic carbocycles. The Hall–Kier alpha value is 0.230. The minimum atomic E-state index is 1.34. The highest BCUT2D eigenvalue weighted by atomic mass is 32.2. The SMILES string of the molecule is CSC1=C(C)S/C(=C\c2cccs2)S1. The Morgan fingerprint density at radius 1 is 1.36 bits per heavy atom. The summed E-state index contributed by atoms with van der Waals surface area (Å²) in [6, 6.07) is 4.25. The second kappa shape index (κ2) is 4.84. The van der Waals surface area contributed by atoms with Gasteiger partial charge in [0.1, 0.15) is 0 Å². The molecule has 74 valence electrons. The minimum Gasteiger partial charge on any atom is -0.144 e. The van der Waals surface area contributed by atoms with E-state index in [0.717, 1.165) is 0 Å². The molecule has 1 aromatic heterocycles. The van der Waals surface area contributed by atoms with E-state index in [9.17, 15) is 0 Å². The van der Waals surface area contributed by atoms with Crippen molar-refractivity contribution in [1.29, 1.82) is 0 Å². The lowest BCUT2D eigenvalue weighted by Crippen LogP contribution is -1.61.